The molecule has 11 heavy (non-hydrogen) atoms. The Hall–Kier alpha value is -1.09. The Morgan fingerprint density at radius 2 is 2.36 bits per heavy atom. The lowest BCUT2D eigenvalue weighted by Gasteiger charge is -2.26. The highest BCUT2D eigenvalue weighted by atomic mass is 16.5. The van der Waals surface area contributed by atoms with Crippen molar-refractivity contribution in [2.45, 2.75) is 0 Å². The van der Waals surface area contributed by atoms with E-state index in [1.54, 1.807) is 6.20 Å². The zero-order valence-corrected chi connectivity index (χ0v) is 6.49. The topological polar surface area (TPSA) is 24.8 Å². The van der Waals surface area contributed by atoms with Gasteiger partial charge in [-0.3, -0.25) is 0 Å². The lowest BCUT2D eigenvalue weighted by molar-refractivity contribution is 0.130. The van der Waals surface area contributed by atoms with Crippen molar-refractivity contribution in [2.24, 2.45) is 4.99 Å². The number of hydrogen-bond donors (Lipinski definition) is 0. The van der Waals surface area contributed by atoms with Gasteiger partial charge in [-0.15, -0.1) is 0 Å². The summed E-state index contributed by atoms with van der Waals surface area (Å²) in [4.78, 5) is 6.01. The Balaban J connectivity index is 2.65. The second-order valence-corrected chi connectivity index (χ2v) is 2.16. The van der Waals surface area contributed by atoms with Crippen molar-refractivity contribution in [1.29, 1.82) is 0 Å². The summed E-state index contributed by atoms with van der Waals surface area (Å²) < 4.78 is 5.20. The summed E-state index contributed by atoms with van der Waals surface area (Å²) in [6.07, 6.45) is 3.27. The molecule has 0 amide bonds. The Morgan fingerprint density at radius 3 is 3.00 bits per heavy atom. The molecule has 3 nitrogen and oxygen atoms in total. The summed E-state index contributed by atoms with van der Waals surface area (Å²) in [6, 6.07) is 0. The first-order chi connectivity index (χ1) is 5.38. The molecule has 0 radical (unpaired) electrons. The summed E-state index contributed by atoms with van der Waals surface area (Å²) in [7, 11) is 0. The van der Waals surface area contributed by atoms with Gasteiger partial charge in [0.1, 0.15) is 12.4 Å². The van der Waals surface area contributed by atoms with Crippen LogP contribution in [0.3, 0.4) is 0 Å². The van der Waals surface area contributed by atoms with E-state index in [-0.39, 0.29) is 0 Å². The molecular weight excluding hydrogens is 140 g/mol. The molecule has 1 aliphatic rings. The summed E-state index contributed by atoms with van der Waals surface area (Å²) in [5.41, 5.74) is 0. The fourth-order valence-electron chi connectivity index (χ4n) is 0.952. The number of ether oxygens (including phenoxy) is 1. The standard InChI is InChI=1S/C8H12N2O/c1-3-9-8-7-11-6-5-10(8)4-2/h3-4H,1-2,5-7H2. The summed E-state index contributed by atoms with van der Waals surface area (Å²) in [5, 5.41) is 0. The highest BCUT2D eigenvalue weighted by molar-refractivity contribution is 5.85. The SMILES string of the molecule is C=CN=C1COCCN1C=C. The molecule has 1 fully saturated rings. The molecule has 1 aliphatic heterocycles. The van der Waals surface area contributed by atoms with Crippen LogP contribution < -0.4 is 0 Å². The average molecular weight is 152 g/mol. The van der Waals surface area contributed by atoms with Crippen LogP contribution in [0.1, 0.15) is 0 Å². The molecule has 0 atom stereocenters. The molecule has 0 bridgehead atoms. The molecule has 60 valence electrons. The van der Waals surface area contributed by atoms with E-state index in [9.17, 15) is 0 Å². The van der Waals surface area contributed by atoms with E-state index in [2.05, 4.69) is 18.2 Å². The molecule has 0 aromatic carbocycles. The smallest absolute Gasteiger partial charge is 0.134 e. The molecule has 0 aromatic rings. The third-order valence-corrected chi connectivity index (χ3v) is 1.50. The zero-order valence-electron chi connectivity index (χ0n) is 6.49. The van der Waals surface area contributed by atoms with Gasteiger partial charge in [-0.1, -0.05) is 13.2 Å². The number of rotatable bonds is 2. The number of aliphatic imine (C=N–C) groups is 1. The highest BCUT2D eigenvalue weighted by Crippen LogP contribution is 2.00. The maximum atomic E-state index is 5.20. The lowest BCUT2D eigenvalue weighted by Crippen LogP contribution is -2.37. The van der Waals surface area contributed by atoms with E-state index in [0.717, 1.165) is 19.0 Å². The quantitative estimate of drug-likeness (QED) is 0.589. The van der Waals surface area contributed by atoms with Crippen molar-refractivity contribution in [3.63, 3.8) is 0 Å². The van der Waals surface area contributed by atoms with Gasteiger partial charge in [0.05, 0.1) is 6.61 Å². The largest absolute Gasteiger partial charge is 0.372 e. The molecule has 0 spiro atoms. The molecule has 0 N–H and O–H groups in total. The number of nitrogens with zero attached hydrogens (tertiary/aromatic N) is 2. The maximum absolute atomic E-state index is 5.20. The summed E-state index contributed by atoms with van der Waals surface area (Å²) >= 11 is 0. The van der Waals surface area contributed by atoms with Gasteiger partial charge in [-0.25, -0.2) is 4.99 Å². The minimum atomic E-state index is 0.554. The van der Waals surface area contributed by atoms with Crippen molar-refractivity contribution in [3.05, 3.63) is 25.6 Å². The number of amidine groups is 1. The first kappa shape index (κ1) is 8.01. The molecule has 0 unspecified atom stereocenters. The van der Waals surface area contributed by atoms with Crippen molar-refractivity contribution in [1.82, 2.24) is 4.90 Å². The minimum Gasteiger partial charge on any atom is -0.372 e. The van der Waals surface area contributed by atoms with Crippen LogP contribution >= 0.6 is 0 Å². The molecule has 3 heteroatoms. The van der Waals surface area contributed by atoms with Crippen molar-refractivity contribution < 1.29 is 4.74 Å². The van der Waals surface area contributed by atoms with E-state index in [4.69, 9.17) is 4.74 Å². The van der Waals surface area contributed by atoms with E-state index in [0.29, 0.717) is 6.61 Å². The Labute approximate surface area is 66.7 Å². The number of morpholine rings is 1. The van der Waals surface area contributed by atoms with Crippen molar-refractivity contribution in [2.75, 3.05) is 19.8 Å². The van der Waals surface area contributed by atoms with E-state index < -0.39 is 0 Å². The van der Waals surface area contributed by atoms with Crippen LogP contribution in [0, 0.1) is 0 Å². The van der Waals surface area contributed by atoms with Gasteiger partial charge >= 0.3 is 0 Å². The third kappa shape index (κ3) is 1.91. The fourth-order valence-corrected chi connectivity index (χ4v) is 0.952. The first-order valence-electron chi connectivity index (χ1n) is 3.53. The fraction of sp³-hybridized carbons (Fsp3) is 0.375. The molecule has 1 rings (SSSR count). The van der Waals surface area contributed by atoms with Gasteiger partial charge in [0, 0.05) is 12.7 Å². The van der Waals surface area contributed by atoms with Crippen LogP contribution in [0.2, 0.25) is 0 Å². The molecule has 1 heterocycles. The zero-order chi connectivity index (χ0) is 8.10. The minimum absolute atomic E-state index is 0.554. The van der Waals surface area contributed by atoms with Gasteiger partial charge in [0.15, 0.2) is 0 Å². The Bertz CT molecular complexity index is 187. The molecule has 0 aromatic heterocycles. The van der Waals surface area contributed by atoms with E-state index in [1.165, 1.54) is 6.20 Å². The van der Waals surface area contributed by atoms with Crippen molar-refractivity contribution in [3.8, 4) is 0 Å². The predicted molar refractivity (Wildman–Crippen MR) is 45.4 cm³/mol. The molecular formula is C8H12N2O. The molecule has 1 saturated heterocycles. The third-order valence-electron chi connectivity index (χ3n) is 1.50. The second kappa shape index (κ2) is 3.93. The van der Waals surface area contributed by atoms with Crippen LogP contribution in [0.25, 0.3) is 0 Å². The summed E-state index contributed by atoms with van der Waals surface area (Å²) in [6.45, 7) is 9.31. The summed E-state index contributed by atoms with van der Waals surface area (Å²) in [5.74, 6) is 0.876. The Morgan fingerprint density at radius 1 is 1.55 bits per heavy atom. The first-order valence-corrected chi connectivity index (χ1v) is 3.53. The molecule has 0 saturated carbocycles. The normalized spacial score (nSPS) is 21.8. The average Bonchev–Trinajstić information content (AvgIpc) is 2.06. The van der Waals surface area contributed by atoms with Crippen LogP contribution in [0.15, 0.2) is 30.6 Å². The van der Waals surface area contributed by atoms with Crippen LogP contribution in [0.4, 0.5) is 0 Å². The van der Waals surface area contributed by atoms with Gasteiger partial charge in [-0.2, -0.15) is 0 Å². The van der Waals surface area contributed by atoms with Gasteiger partial charge < -0.3 is 9.64 Å². The van der Waals surface area contributed by atoms with Crippen LogP contribution in [-0.4, -0.2) is 30.5 Å². The number of hydrogen-bond acceptors (Lipinski definition) is 2. The lowest BCUT2D eigenvalue weighted by atomic mass is 10.4. The van der Waals surface area contributed by atoms with Crippen LogP contribution in [0.5, 0.6) is 0 Å². The van der Waals surface area contributed by atoms with Gasteiger partial charge in [-0.05, 0) is 6.20 Å². The van der Waals surface area contributed by atoms with Crippen molar-refractivity contribution >= 4 is 5.84 Å². The second-order valence-electron chi connectivity index (χ2n) is 2.16. The predicted octanol–water partition coefficient (Wildman–Crippen LogP) is 1.00. The maximum Gasteiger partial charge on any atom is 0.134 e. The van der Waals surface area contributed by atoms with E-state index >= 15 is 0 Å². The van der Waals surface area contributed by atoms with Gasteiger partial charge in [0.25, 0.3) is 0 Å². The van der Waals surface area contributed by atoms with Crippen LogP contribution in [-0.2, 0) is 4.74 Å². The monoisotopic (exact) mass is 152 g/mol. The van der Waals surface area contributed by atoms with E-state index in [1.807, 2.05) is 4.90 Å². The van der Waals surface area contributed by atoms with Gasteiger partial charge in [0.2, 0.25) is 0 Å². The Kier molecular flexibility index (Phi) is 2.86. The highest BCUT2D eigenvalue weighted by Gasteiger charge is 2.12. The molecule has 0 aliphatic carbocycles.